The Kier molecular flexibility index (Phi) is 6.30. The van der Waals surface area contributed by atoms with E-state index in [9.17, 15) is 14.4 Å². The first-order chi connectivity index (χ1) is 15.9. The van der Waals surface area contributed by atoms with Gasteiger partial charge in [0.2, 0.25) is 5.91 Å². The number of carbonyl (C=O) groups excluding carboxylic acids is 3. The lowest BCUT2D eigenvalue weighted by Gasteiger charge is -2.17. The molecule has 0 spiro atoms. The largest absolute Gasteiger partial charge is 0.360 e. The van der Waals surface area contributed by atoms with E-state index in [4.69, 9.17) is 4.52 Å². The lowest BCUT2D eigenvalue weighted by atomic mass is 9.95. The number of fused-ring (bicyclic) bond motifs is 1. The third-order valence-corrected chi connectivity index (χ3v) is 5.80. The van der Waals surface area contributed by atoms with E-state index in [0.29, 0.717) is 34.9 Å². The second-order valence-corrected chi connectivity index (χ2v) is 8.19. The van der Waals surface area contributed by atoms with E-state index in [1.54, 1.807) is 6.07 Å². The van der Waals surface area contributed by atoms with Crippen molar-refractivity contribution in [1.82, 2.24) is 15.1 Å². The zero-order valence-electron chi connectivity index (χ0n) is 18.8. The minimum atomic E-state index is -0.380. The molecule has 2 N–H and O–H groups in total. The van der Waals surface area contributed by atoms with Gasteiger partial charge in [-0.1, -0.05) is 25.1 Å². The van der Waals surface area contributed by atoms with Crippen molar-refractivity contribution in [2.24, 2.45) is 0 Å². The minimum Gasteiger partial charge on any atom is -0.360 e. The van der Waals surface area contributed by atoms with E-state index in [2.05, 4.69) is 32.7 Å². The van der Waals surface area contributed by atoms with E-state index in [-0.39, 0.29) is 42.1 Å². The average Bonchev–Trinajstić information content (AvgIpc) is 3.30. The molecule has 1 aromatic carbocycles. The van der Waals surface area contributed by atoms with Crippen molar-refractivity contribution in [3.63, 3.8) is 0 Å². The minimum absolute atomic E-state index is 0.117. The van der Waals surface area contributed by atoms with Crippen LogP contribution in [-0.4, -0.2) is 32.7 Å². The van der Waals surface area contributed by atoms with Crippen LogP contribution >= 0.6 is 0 Å². The summed E-state index contributed by atoms with van der Waals surface area (Å²) in [7, 11) is 0. The number of Topliss-reactive ketones (excluding diaryl/α,β-unsaturated/α-hetero) is 1. The van der Waals surface area contributed by atoms with Crippen LogP contribution in [0.15, 0.2) is 35.1 Å². The van der Waals surface area contributed by atoms with Crippen LogP contribution in [0.3, 0.4) is 0 Å². The van der Waals surface area contributed by atoms with E-state index in [0.717, 1.165) is 12.0 Å². The SMILES string of the molecule is CCc1cc(NC(=O)c2cc([C@@H](C)CC(=O)c3ncnc4c3CCC(=O)N4)on2)ccc1C. The number of carbonyl (C=O) groups is 3. The lowest BCUT2D eigenvalue weighted by Crippen LogP contribution is -2.23. The highest BCUT2D eigenvalue weighted by atomic mass is 16.5. The Morgan fingerprint density at radius 2 is 2.03 bits per heavy atom. The van der Waals surface area contributed by atoms with Gasteiger partial charge in [0.25, 0.3) is 5.91 Å². The second kappa shape index (κ2) is 9.32. The highest BCUT2D eigenvalue weighted by Crippen LogP contribution is 2.27. The van der Waals surface area contributed by atoms with Gasteiger partial charge >= 0.3 is 0 Å². The molecule has 0 saturated heterocycles. The maximum atomic E-state index is 12.9. The fourth-order valence-corrected chi connectivity index (χ4v) is 3.86. The van der Waals surface area contributed by atoms with Gasteiger partial charge in [-0.3, -0.25) is 14.4 Å². The molecule has 3 heterocycles. The molecule has 9 heteroatoms. The number of hydrogen-bond donors (Lipinski definition) is 2. The fourth-order valence-electron chi connectivity index (χ4n) is 3.86. The van der Waals surface area contributed by atoms with Crippen LogP contribution in [0.5, 0.6) is 0 Å². The number of aryl methyl sites for hydroxylation is 2. The Morgan fingerprint density at radius 3 is 2.82 bits per heavy atom. The van der Waals surface area contributed by atoms with Crippen molar-refractivity contribution in [3.8, 4) is 0 Å². The second-order valence-electron chi connectivity index (χ2n) is 8.19. The zero-order valence-corrected chi connectivity index (χ0v) is 18.8. The number of anilines is 2. The smallest absolute Gasteiger partial charge is 0.277 e. The Bertz CT molecular complexity index is 1230. The van der Waals surface area contributed by atoms with Gasteiger partial charge in [-0.05, 0) is 43.0 Å². The van der Waals surface area contributed by atoms with E-state index in [1.165, 1.54) is 11.9 Å². The molecule has 1 aliphatic rings. The fraction of sp³-hybridized carbons (Fsp3) is 0.333. The molecule has 0 saturated carbocycles. The summed E-state index contributed by atoms with van der Waals surface area (Å²) in [4.78, 5) is 45.3. The van der Waals surface area contributed by atoms with Crippen LogP contribution in [0.25, 0.3) is 0 Å². The molecular weight excluding hydrogens is 422 g/mol. The van der Waals surface area contributed by atoms with Gasteiger partial charge in [0.05, 0.1) is 0 Å². The summed E-state index contributed by atoms with van der Waals surface area (Å²) in [6.07, 6.45) is 2.97. The summed E-state index contributed by atoms with van der Waals surface area (Å²) in [6, 6.07) is 7.31. The summed E-state index contributed by atoms with van der Waals surface area (Å²) in [6.45, 7) is 5.92. The van der Waals surface area contributed by atoms with Crippen molar-refractivity contribution < 1.29 is 18.9 Å². The lowest BCUT2D eigenvalue weighted by molar-refractivity contribution is -0.116. The molecule has 2 aromatic heterocycles. The van der Waals surface area contributed by atoms with Gasteiger partial charge in [-0.25, -0.2) is 9.97 Å². The molecule has 33 heavy (non-hydrogen) atoms. The van der Waals surface area contributed by atoms with Crippen LogP contribution in [0, 0.1) is 6.92 Å². The molecule has 0 bridgehead atoms. The topological polar surface area (TPSA) is 127 Å². The molecule has 0 unspecified atom stereocenters. The van der Waals surface area contributed by atoms with Gasteiger partial charge in [0, 0.05) is 36.1 Å². The molecule has 1 aliphatic heterocycles. The highest BCUT2D eigenvalue weighted by molar-refractivity contribution is 6.03. The van der Waals surface area contributed by atoms with Crippen molar-refractivity contribution >= 4 is 29.1 Å². The Labute approximate surface area is 191 Å². The Hall–Kier alpha value is -3.88. The standard InChI is InChI=1S/C24H25N5O4/c1-4-15-10-16(6-5-13(15)2)27-24(32)18-11-20(33-29-18)14(3)9-19(30)22-17-7-8-21(31)28-23(17)26-12-25-22/h5-6,10-12,14H,4,7-9H2,1-3H3,(H,27,32)(H,25,26,28,31)/t14-/m0/s1. The molecule has 1 atom stereocenters. The van der Waals surface area contributed by atoms with Crippen molar-refractivity contribution in [3.05, 3.63) is 64.4 Å². The molecule has 3 aromatic rings. The molecule has 0 aliphatic carbocycles. The van der Waals surface area contributed by atoms with Crippen LogP contribution < -0.4 is 10.6 Å². The number of nitrogens with zero attached hydrogens (tertiary/aromatic N) is 3. The van der Waals surface area contributed by atoms with Gasteiger partial charge in [0.1, 0.15) is 23.6 Å². The zero-order chi connectivity index (χ0) is 23.5. The summed E-state index contributed by atoms with van der Waals surface area (Å²) in [5.41, 5.74) is 4.12. The third kappa shape index (κ3) is 4.82. The average molecular weight is 447 g/mol. The monoisotopic (exact) mass is 447 g/mol. The summed E-state index contributed by atoms with van der Waals surface area (Å²) >= 11 is 0. The van der Waals surface area contributed by atoms with Gasteiger partial charge in [-0.15, -0.1) is 0 Å². The maximum Gasteiger partial charge on any atom is 0.277 e. The van der Waals surface area contributed by atoms with Gasteiger partial charge < -0.3 is 15.2 Å². The van der Waals surface area contributed by atoms with Crippen molar-refractivity contribution in [1.29, 1.82) is 0 Å². The molecule has 4 rings (SSSR count). The number of benzene rings is 1. The van der Waals surface area contributed by atoms with Crippen molar-refractivity contribution in [2.45, 2.75) is 52.4 Å². The van der Waals surface area contributed by atoms with Crippen LogP contribution in [0.4, 0.5) is 11.5 Å². The number of rotatable bonds is 7. The number of hydrogen-bond acceptors (Lipinski definition) is 7. The van der Waals surface area contributed by atoms with Gasteiger partial charge in [-0.2, -0.15) is 0 Å². The van der Waals surface area contributed by atoms with Crippen LogP contribution in [0.2, 0.25) is 0 Å². The molecular formula is C24H25N5O4. The molecule has 9 nitrogen and oxygen atoms in total. The molecule has 2 amide bonds. The number of nitrogens with one attached hydrogen (secondary N) is 2. The third-order valence-electron chi connectivity index (χ3n) is 5.80. The summed E-state index contributed by atoms with van der Waals surface area (Å²) < 4.78 is 5.36. The molecule has 170 valence electrons. The summed E-state index contributed by atoms with van der Waals surface area (Å²) in [5.74, 6) is -0.194. The normalized spacial score (nSPS) is 13.7. The number of aromatic nitrogens is 3. The Morgan fingerprint density at radius 1 is 1.21 bits per heavy atom. The number of ketones is 1. The van der Waals surface area contributed by atoms with E-state index in [1.807, 2.05) is 32.0 Å². The quantitative estimate of drug-likeness (QED) is 0.527. The highest BCUT2D eigenvalue weighted by Gasteiger charge is 2.26. The predicted octanol–water partition coefficient (Wildman–Crippen LogP) is 3.85. The summed E-state index contributed by atoms with van der Waals surface area (Å²) in [5, 5.41) is 9.39. The number of amides is 2. The maximum absolute atomic E-state index is 12.9. The molecule has 0 fully saturated rings. The predicted molar refractivity (Wildman–Crippen MR) is 121 cm³/mol. The first-order valence-electron chi connectivity index (χ1n) is 10.9. The first kappa shape index (κ1) is 22.3. The van der Waals surface area contributed by atoms with Gasteiger partial charge in [0.15, 0.2) is 11.5 Å². The Balaban J connectivity index is 1.43. The van der Waals surface area contributed by atoms with Crippen LogP contribution in [-0.2, 0) is 17.6 Å². The van der Waals surface area contributed by atoms with Crippen molar-refractivity contribution in [2.75, 3.05) is 10.6 Å². The van der Waals surface area contributed by atoms with E-state index >= 15 is 0 Å². The van der Waals surface area contributed by atoms with Crippen LogP contribution in [0.1, 0.15) is 76.0 Å². The first-order valence-corrected chi connectivity index (χ1v) is 10.9. The molecule has 0 radical (unpaired) electrons. The van der Waals surface area contributed by atoms with E-state index < -0.39 is 0 Å².